The molecule has 0 aromatic carbocycles. The first-order chi connectivity index (χ1) is 11.6. The van der Waals surface area contributed by atoms with Crippen LogP contribution in [-0.4, -0.2) is 54.8 Å². The number of esters is 1. The molecule has 0 amide bonds. The van der Waals surface area contributed by atoms with Crippen molar-refractivity contribution in [3.8, 4) is 0 Å². The number of pyridine rings is 1. The molecule has 0 radical (unpaired) electrons. The monoisotopic (exact) mass is 332 g/mol. The molecular weight excluding hydrogens is 302 g/mol. The second kappa shape index (κ2) is 7.51. The summed E-state index contributed by atoms with van der Waals surface area (Å²) in [7, 11) is 2.36. The Balaban J connectivity index is 1.54. The topological polar surface area (TPSA) is 51.2 Å². The largest absolute Gasteiger partial charge is 0.466 e. The zero-order valence-electron chi connectivity index (χ0n) is 15.0. The minimum absolute atomic E-state index is 0.111. The van der Waals surface area contributed by atoms with Gasteiger partial charge in [-0.05, 0) is 44.2 Å². The maximum atomic E-state index is 11.4. The van der Waals surface area contributed by atoms with Gasteiger partial charge < -0.3 is 14.5 Å². The molecule has 2 aliphatic heterocycles. The number of aromatic nitrogens is 1. The Morgan fingerprint density at radius 2 is 2.25 bits per heavy atom. The van der Waals surface area contributed by atoms with Gasteiger partial charge >= 0.3 is 5.97 Å². The minimum atomic E-state index is -0.111. The molecule has 5 nitrogen and oxygen atoms in total. The number of anilines is 1. The lowest BCUT2D eigenvalue weighted by Gasteiger charge is -2.45. The number of carbonyl (C=O) groups excluding carboxylic acids is 1. The summed E-state index contributed by atoms with van der Waals surface area (Å²) >= 11 is 0. The lowest BCUT2D eigenvalue weighted by Crippen LogP contribution is -2.59. The van der Waals surface area contributed by atoms with Crippen LogP contribution in [-0.2, 0) is 22.4 Å². The van der Waals surface area contributed by atoms with E-state index in [0.717, 1.165) is 30.8 Å². The Morgan fingerprint density at radius 1 is 1.42 bits per heavy atom. The van der Waals surface area contributed by atoms with E-state index in [1.807, 2.05) is 6.92 Å². The van der Waals surface area contributed by atoms with Crippen LogP contribution in [0.2, 0.25) is 0 Å². The van der Waals surface area contributed by atoms with Gasteiger partial charge in [-0.1, -0.05) is 6.07 Å². The van der Waals surface area contributed by atoms with Crippen molar-refractivity contribution in [2.24, 2.45) is 0 Å². The van der Waals surface area contributed by atoms with Gasteiger partial charge in [0.15, 0.2) is 0 Å². The van der Waals surface area contributed by atoms with Gasteiger partial charge in [-0.25, -0.2) is 4.98 Å². The van der Waals surface area contributed by atoms with Crippen molar-refractivity contribution < 1.29 is 14.0 Å². The average Bonchev–Trinajstić information content (AvgIpc) is 2.53. The minimum Gasteiger partial charge on any atom is -0.466 e. The second-order valence-corrected chi connectivity index (χ2v) is 7.45. The number of carbonyl (C=O) groups is 1. The first-order valence-electron chi connectivity index (χ1n) is 9.32. The molecule has 132 valence electrons. The van der Waals surface area contributed by atoms with Crippen molar-refractivity contribution >= 4 is 11.8 Å². The first-order valence-corrected chi connectivity index (χ1v) is 9.32. The highest BCUT2D eigenvalue weighted by Crippen LogP contribution is 2.27. The van der Waals surface area contributed by atoms with Crippen LogP contribution in [0.3, 0.4) is 0 Å². The molecule has 0 saturated carbocycles. The van der Waals surface area contributed by atoms with Crippen molar-refractivity contribution in [3.63, 3.8) is 0 Å². The van der Waals surface area contributed by atoms with Gasteiger partial charge in [-0.2, -0.15) is 0 Å². The molecule has 0 aliphatic carbocycles. The van der Waals surface area contributed by atoms with Crippen LogP contribution < -0.4 is 5.32 Å². The highest BCUT2D eigenvalue weighted by molar-refractivity contribution is 5.69. The standard InChI is InChI=1S/C19H30N3O2/c1-3-24-18(23)7-4-6-16-10-8-15-9-11-17(21-19(15)20-16)14-22(2)12-5-13-22/h8,10,17H,3-7,9,11-14H2,1-2H3,(H,20,21)/q+1. The van der Waals surface area contributed by atoms with E-state index in [9.17, 15) is 4.79 Å². The summed E-state index contributed by atoms with van der Waals surface area (Å²) in [6.45, 7) is 6.12. The van der Waals surface area contributed by atoms with Crippen molar-refractivity contribution in [2.75, 3.05) is 38.6 Å². The fourth-order valence-corrected chi connectivity index (χ4v) is 3.79. The van der Waals surface area contributed by atoms with Crippen molar-refractivity contribution in [1.82, 2.24) is 4.98 Å². The molecule has 1 saturated heterocycles. The third-order valence-corrected chi connectivity index (χ3v) is 5.32. The molecule has 2 aliphatic rings. The van der Waals surface area contributed by atoms with E-state index in [4.69, 9.17) is 9.72 Å². The van der Waals surface area contributed by atoms with Crippen LogP contribution in [0, 0.1) is 0 Å². The number of quaternary nitrogens is 1. The molecule has 1 unspecified atom stereocenters. The van der Waals surface area contributed by atoms with Gasteiger partial charge in [0.2, 0.25) is 0 Å². The van der Waals surface area contributed by atoms with E-state index < -0.39 is 0 Å². The van der Waals surface area contributed by atoms with Crippen molar-refractivity contribution in [2.45, 2.75) is 51.5 Å². The number of ether oxygens (including phenoxy) is 1. The lowest BCUT2D eigenvalue weighted by molar-refractivity contribution is -0.946. The van der Waals surface area contributed by atoms with Gasteiger partial charge in [-0.3, -0.25) is 4.79 Å². The highest BCUT2D eigenvalue weighted by Gasteiger charge is 2.34. The molecule has 1 atom stereocenters. The maximum Gasteiger partial charge on any atom is 0.305 e. The summed E-state index contributed by atoms with van der Waals surface area (Å²) in [5.74, 6) is 0.951. The van der Waals surface area contributed by atoms with Crippen LogP contribution in [0.5, 0.6) is 0 Å². The zero-order valence-corrected chi connectivity index (χ0v) is 15.0. The molecule has 1 aromatic heterocycles. The third kappa shape index (κ3) is 4.26. The van der Waals surface area contributed by atoms with Gasteiger partial charge in [0.1, 0.15) is 5.82 Å². The number of rotatable bonds is 7. The van der Waals surface area contributed by atoms with E-state index >= 15 is 0 Å². The molecule has 3 heterocycles. The summed E-state index contributed by atoms with van der Waals surface area (Å²) in [5.41, 5.74) is 2.39. The Labute approximate surface area is 145 Å². The Hall–Kier alpha value is -1.62. The molecule has 3 rings (SSSR count). The zero-order chi connectivity index (χ0) is 17.0. The lowest BCUT2D eigenvalue weighted by atomic mass is 9.98. The number of hydrogen-bond acceptors (Lipinski definition) is 4. The van der Waals surface area contributed by atoms with E-state index in [-0.39, 0.29) is 5.97 Å². The van der Waals surface area contributed by atoms with Crippen LogP contribution >= 0.6 is 0 Å². The quantitative estimate of drug-likeness (QED) is 0.616. The number of fused-ring (bicyclic) bond motifs is 1. The first kappa shape index (κ1) is 17.2. The Bertz CT molecular complexity index is 584. The molecule has 5 heteroatoms. The van der Waals surface area contributed by atoms with E-state index in [0.29, 0.717) is 19.1 Å². The second-order valence-electron chi connectivity index (χ2n) is 7.45. The number of aryl methyl sites for hydroxylation is 2. The Morgan fingerprint density at radius 3 is 2.96 bits per heavy atom. The number of nitrogens with one attached hydrogen (secondary N) is 1. The van der Waals surface area contributed by atoms with Crippen LogP contribution in [0.25, 0.3) is 0 Å². The van der Waals surface area contributed by atoms with Crippen LogP contribution in [0.1, 0.15) is 43.9 Å². The SMILES string of the molecule is CCOC(=O)CCCc1ccc2c(n1)NC(C[N+]1(C)CCC1)CC2. The fraction of sp³-hybridized carbons (Fsp3) is 0.684. The molecule has 24 heavy (non-hydrogen) atoms. The van der Waals surface area contributed by atoms with Crippen LogP contribution in [0.4, 0.5) is 5.82 Å². The molecule has 0 spiro atoms. The van der Waals surface area contributed by atoms with Gasteiger partial charge in [0.25, 0.3) is 0 Å². The number of hydrogen-bond donors (Lipinski definition) is 1. The smallest absolute Gasteiger partial charge is 0.305 e. The summed E-state index contributed by atoms with van der Waals surface area (Å²) < 4.78 is 6.17. The Kier molecular flexibility index (Phi) is 5.39. The van der Waals surface area contributed by atoms with Gasteiger partial charge in [-0.15, -0.1) is 0 Å². The van der Waals surface area contributed by atoms with Gasteiger partial charge in [0, 0.05) is 18.5 Å². The van der Waals surface area contributed by atoms with E-state index in [1.165, 1.54) is 42.5 Å². The summed E-state index contributed by atoms with van der Waals surface area (Å²) in [6.07, 6.45) is 5.77. The summed E-state index contributed by atoms with van der Waals surface area (Å²) in [6, 6.07) is 4.84. The van der Waals surface area contributed by atoms with Gasteiger partial charge in [0.05, 0.1) is 39.3 Å². The fourth-order valence-electron chi connectivity index (χ4n) is 3.79. The molecule has 1 N–H and O–H groups in total. The predicted octanol–water partition coefficient (Wildman–Crippen LogP) is 2.54. The normalized spacial score (nSPS) is 21.3. The number of likely N-dealkylation sites (tertiary alicyclic amines) is 1. The molecular formula is C19H30N3O2+. The van der Waals surface area contributed by atoms with E-state index in [2.05, 4.69) is 24.5 Å². The summed E-state index contributed by atoms with van der Waals surface area (Å²) in [5, 5.41) is 3.66. The molecule has 0 bridgehead atoms. The number of likely N-dealkylation sites (N-methyl/N-ethyl adjacent to an activating group) is 1. The molecule has 1 aromatic rings. The average molecular weight is 332 g/mol. The number of nitrogens with zero attached hydrogens (tertiary/aromatic N) is 2. The predicted molar refractivity (Wildman–Crippen MR) is 94.9 cm³/mol. The third-order valence-electron chi connectivity index (χ3n) is 5.32. The maximum absolute atomic E-state index is 11.4. The van der Waals surface area contributed by atoms with Crippen LogP contribution in [0.15, 0.2) is 12.1 Å². The van der Waals surface area contributed by atoms with Crippen molar-refractivity contribution in [3.05, 3.63) is 23.4 Å². The summed E-state index contributed by atoms with van der Waals surface area (Å²) in [4.78, 5) is 16.2. The van der Waals surface area contributed by atoms with Crippen molar-refractivity contribution in [1.29, 1.82) is 0 Å². The highest BCUT2D eigenvalue weighted by atomic mass is 16.5. The molecule has 1 fully saturated rings. The van der Waals surface area contributed by atoms with E-state index in [1.54, 1.807) is 0 Å².